The highest BCUT2D eigenvalue weighted by Crippen LogP contribution is 2.12. The van der Waals surface area contributed by atoms with Gasteiger partial charge in [-0.25, -0.2) is 0 Å². The van der Waals surface area contributed by atoms with Crippen LogP contribution >= 0.6 is 11.6 Å². The molecular formula is C7H7BClO. The molecule has 1 nitrogen and oxygen atoms in total. The third-order valence-electron chi connectivity index (χ3n) is 1.30. The Bertz CT molecular complexity index is 237. The van der Waals surface area contributed by atoms with Crippen LogP contribution in [-0.4, -0.2) is 12.4 Å². The monoisotopic (exact) mass is 153 g/mol. The summed E-state index contributed by atoms with van der Waals surface area (Å²) in [5.74, 6) is 0.231. The summed E-state index contributed by atoms with van der Waals surface area (Å²) in [5.41, 5.74) is 0.810. The summed E-state index contributed by atoms with van der Waals surface area (Å²) < 4.78 is 0. The Morgan fingerprint density at radius 3 is 2.70 bits per heavy atom. The molecule has 0 aliphatic heterocycles. The number of halogens is 1. The Morgan fingerprint density at radius 1 is 1.50 bits per heavy atom. The van der Waals surface area contributed by atoms with E-state index in [-0.39, 0.29) is 5.75 Å². The van der Waals surface area contributed by atoms with Crippen LogP contribution in [0.15, 0.2) is 18.2 Å². The van der Waals surface area contributed by atoms with Gasteiger partial charge < -0.3 is 5.11 Å². The molecule has 1 aromatic rings. The number of hydrogen-bond acceptors (Lipinski definition) is 1. The van der Waals surface area contributed by atoms with Crippen molar-refractivity contribution < 1.29 is 5.11 Å². The van der Waals surface area contributed by atoms with Gasteiger partial charge in [0.05, 0.1) is 0 Å². The van der Waals surface area contributed by atoms with Crippen molar-refractivity contribution in [2.24, 2.45) is 0 Å². The molecule has 0 atom stereocenters. The maximum absolute atomic E-state index is 9.18. The number of benzene rings is 1. The predicted molar refractivity (Wildman–Crippen MR) is 44.4 cm³/mol. The van der Waals surface area contributed by atoms with E-state index < -0.39 is 0 Å². The van der Waals surface area contributed by atoms with Crippen molar-refractivity contribution in [1.29, 1.82) is 0 Å². The first-order valence-electron chi connectivity index (χ1n) is 3.02. The summed E-state index contributed by atoms with van der Waals surface area (Å²) in [7, 11) is 1.83. The summed E-state index contributed by atoms with van der Waals surface area (Å²) in [6.45, 7) is 1.86. The molecule has 10 heavy (non-hydrogen) atoms. The van der Waals surface area contributed by atoms with Crippen molar-refractivity contribution >= 4 is 24.3 Å². The van der Waals surface area contributed by atoms with Crippen LogP contribution in [0.1, 0.15) is 0 Å². The first kappa shape index (κ1) is 7.48. The summed E-state index contributed by atoms with van der Waals surface area (Å²) in [5, 5.41) is 9.73. The van der Waals surface area contributed by atoms with Gasteiger partial charge in [0.15, 0.2) is 7.28 Å². The lowest BCUT2D eigenvalue weighted by Gasteiger charge is -1.99. The minimum absolute atomic E-state index is 0.231. The smallest absolute Gasteiger partial charge is 0.153 e. The second-order valence-corrected chi connectivity index (χ2v) is 2.43. The highest BCUT2D eigenvalue weighted by molar-refractivity contribution is 6.53. The topological polar surface area (TPSA) is 20.2 Å². The summed E-state index contributed by atoms with van der Waals surface area (Å²) in [6, 6.07) is 5.05. The third-order valence-corrected chi connectivity index (χ3v) is 1.54. The molecule has 3 heteroatoms. The molecule has 0 saturated heterocycles. The molecule has 1 N–H and O–H groups in total. The zero-order valence-electron chi connectivity index (χ0n) is 5.63. The van der Waals surface area contributed by atoms with Crippen LogP contribution in [0.4, 0.5) is 0 Å². The van der Waals surface area contributed by atoms with Crippen LogP contribution in [0.3, 0.4) is 0 Å². The van der Waals surface area contributed by atoms with E-state index in [1.165, 1.54) is 6.07 Å². The number of rotatable bonds is 1. The lowest BCUT2D eigenvalue weighted by atomic mass is 9.73. The van der Waals surface area contributed by atoms with E-state index in [0.29, 0.717) is 5.02 Å². The fourth-order valence-electron chi connectivity index (χ4n) is 0.761. The lowest BCUT2D eigenvalue weighted by Crippen LogP contribution is -2.09. The number of aromatic hydroxyl groups is 1. The molecule has 0 aromatic heterocycles. The van der Waals surface area contributed by atoms with Crippen molar-refractivity contribution in [3.05, 3.63) is 23.2 Å². The Labute approximate surface area is 65.9 Å². The molecule has 0 bridgehead atoms. The van der Waals surface area contributed by atoms with Gasteiger partial charge in [-0.2, -0.15) is 0 Å². The van der Waals surface area contributed by atoms with E-state index in [9.17, 15) is 5.11 Å². The van der Waals surface area contributed by atoms with Crippen molar-refractivity contribution in [2.45, 2.75) is 6.82 Å². The molecule has 0 spiro atoms. The van der Waals surface area contributed by atoms with Gasteiger partial charge in [-0.15, -0.1) is 0 Å². The average Bonchev–Trinajstić information content (AvgIpc) is 1.88. The molecular weight excluding hydrogens is 146 g/mol. The zero-order chi connectivity index (χ0) is 7.56. The van der Waals surface area contributed by atoms with Gasteiger partial charge in [0.2, 0.25) is 0 Å². The van der Waals surface area contributed by atoms with Crippen molar-refractivity contribution in [1.82, 2.24) is 0 Å². The van der Waals surface area contributed by atoms with E-state index in [2.05, 4.69) is 0 Å². The maximum Gasteiger partial charge on any atom is 0.153 e. The van der Waals surface area contributed by atoms with Crippen LogP contribution < -0.4 is 5.46 Å². The van der Waals surface area contributed by atoms with Gasteiger partial charge in [0.1, 0.15) is 5.75 Å². The molecule has 0 unspecified atom stereocenters. The predicted octanol–water partition coefficient (Wildman–Crippen LogP) is 1.42. The van der Waals surface area contributed by atoms with Crippen LogP contribution in [0.2, 0.25) is 11.8 Å². The van der Waals surface area contributed by atoms with E-state index in [1.807, 2.05) is 14.1 Å². The fourth-order valence-corrected chi connectivity index (χ4v) is 0.927. The van der Waals surface area contributed by atoms with Crippen LogP contribution in [0.25, 0.3) is 0 Å². The van der Waals surface area contributed by atoms with Crippen LogP contribution in [0.5, 0.6) is 5.75 Å². The fraction of sp³-hybridized carbons (Fsp3) is 0.143. The second-order valence-electron chi connectivity index (χ2n) is 1.99. The Hall–Kier alpha value is -0.625. The Balaban J connectivity index is 3.07. The number of hydrogen-bond donors (Lipinski definition) is 1. The molecule has 0 saturated carbocycles. The molecule has 0 fully saturated rings. The average molecular weight is 153 g/mol. The summed E-state index contributed by atoms with van der Waals surface area (Å²) >= 11 is 5.60. The molecule has 0 aliphatic carbocycles. The van der Waals surface area contributed by atoms with Gasteiger partial charge in [-0.1, -0.05) is 24.5 Å². The standard InChI is InChI=1S/C7H7BClO/c1-8-6-3-2-5(9)4-7(6)10/h2-4,10H,1H3. The molecule has 0 aliphatic rings. The van der Waals surface area contributed by atoms with Gasteiger partial charge >= 0.3 is 0 Å². The largest absolute Gasteiger partial charge is 0.509 e. The highest BCUT2D eigenvalue weighted by atomic mass is 35.5. The van der Waals surface area contributed by atoms with Crippen molar-refractivity contribution in [3.63, 3.8) is 0 Å². The number of phenols is 1. The normalized spacial score (nSPS) is 9.40. The molecule has 1 aromatic carbocycles. The highest BCUT2D eigenvalue weighted by Gasteiger charge is 1.97. The van der Waals surface area contributed by atoms with Gasteiger partial charge in [-0.05, 0) is 17.6 Å². The quantitative estimate of drug-likeness (QED) is 0.605. The summed E-state index contributed by atoms with van der Waals surface area (Å²) in [4.78, 5) is 0. The van der Waals surface area contributed by atoms with E-state index in [1.54, 1.807) is 12.1 Å². The first-order valence-corrected chi connectivity index (χ1v) is 3.39. The molecule has 1 radical (unpaired) electrons. The third kappa shape index (κ3) is 1.45. The van der Waals surface area contributed by atoms with Crippen molar-refractivity contribution in [3.8, 4) is 5.75 Å². The van der Waals surface area contributed by atoms with Crippen LogP contribution in [-0.2, 0) is 0 Å². The first-order chi connectivity index (χ1) is 4.74. The summed E-state index contributed by atoms with van der Waals surface area (Å²) in [6.07, 6.45) is 0. The van der Waals surface area contributed by atoms with Gasteiger partial charge in [0.25, 0.3) is 0 Å². The zero-order valence-corrected chi connectivity index (χ0v) is 6.39. The van der Waals surface area contributed by atoms with E-state index in [0.717, 1.165) is 5.46 Å². The molecule has 51 valence electrons. The van der Waals surface area contributed by atoms with E-state index in [4.69, 9.17) is 11.6 Å². The minimum Gasteiger partial charge on any atom is -0.509 e. The van der Waals surface area contributed by atoms with Crippen molar-refractivity contribution in [2.75, 3.05) is 0 Å². The maximum atomic E-state index is 9.18. The van der Waals surface area contributed by atoms with Gasteiger partial charge in [0, 0.05) is 5.02 Å². The molecule has 1 rings (SSSR count). The van der Waals surface area contributed by atoms with Gasteiger partial charge in [-0.3, -0.25) is 0 Å². The van der Waals surface area contributed by atoms with Crippen LogP contribution in [0, 0.1) is 0 Å². The minimum atomic E-state index is 0.231. The number of phenolic OH excluding ortho intramolecular Hbond substituents is 1. The SMILES string of the molecule is C[B]c1ccc(Cl)cc1O. The Kier molecular flexibility index (Phi) is 2.23. The molecule has 0 amide bonds. The lowest BCUT2D eigenvalue weighted by molar-refractivity contribution is 0.479. The molecule has 0 heterocycles. The van der Waals surface area contributed by atoms with E-state index >= 15 is 0 Å². The second kappa shape index (κ2) is 2.97. The Morgan fingerprint density at radius 2 is 2.20 bits per heavy atom.